The molecule has 13 heavy (non-hydrogen) atoms. The summed E-state index contributed by atoms with van der Waals surface area (Å²) >= 11 is 17.4. The van der Waals surface area contributed by atoms with Crippen LogP contribution in [0.15, 0.2) is 6.07 Å². The molecule has 0 atom stereocenters. The summed E-state index contributed by atoms with van der Waals surface area (Å²) in [5.41, 5.74) is 0.706. The number of halogens is 3. The monoisotopic (exact) mass is 236 g/mol. The summed E-state index contributed by atoms with van der Waals surface area (Å²) in [6.07, 6.45) is 3.94. The molecule has 0 saturated carbocycles. The Balaban J connectivity index is 2.88. The number of hydrogen-bond acceptors (Lipinski definition) is 1. The molecule has 4 heteroatoms. The Hall–Kier alpha value is 0.0200. The molecular weight excluding hydrogens is 228 g/mol. The molecule has 0 unspecified atom stereocenters. The normalized spacial score (nSPS) is 10.5. The van der Waals surface area contributed by atoms with Crippen LogP contribution in [-0.2, 0) is 0 Å². The van der Waals surface area contributed by atoms with Gasteiger partial charge in [0.25, 0.3) is 0 Å². The lowest BCUT2D eigenvalue weighted by atomic mass is 10.2. The Kier molecular flexibility index (Phi) is 4.30. The first-order chi connectivity index (χ1) is 6.15. The van der Waals surface area contributed by atoms with Crippen LogP contribution in [0.4, 0.5) is 0 Å². The Bertz CT molecular complexity index is 299. The smallest absolute Gasteiger partial charge is 0.148 e. The van der Waals surface area contributed by atoms with E-state index in [9.17, 15) is 0 Å². The molecule has 0 bridgehead atoms. The van der Waals surface area contributed by atoms with Crippen molar-refractivity contribution in [2.24, 2.45) is 0 Å². The van der Waals surface area contributed by atoms with Crippen molar-refractivity contribution in [3.63, 3.8) is 0 Å². The van der Waals surface area contributed by atoms with Gasteiger partial charge in [-0.25, -0.2) is 4.98 Å². The summed E-state index contributed by atoms with van der Waals surface area (Å²) in [5, 5.41) is 1.23. The van der Waals surface area contributed by atoms with Gasteiger partial charge in [-0.2, -0.15) is 0 Å². The Morgan fingerprint density at radius 3 is 2.62 bits per heavy atom. The Labute approximate surface area is 93.0 Å². The molecule has 0 N–H and O–H groups in total. The van der Waals surface area contributed by atoms with E-state index in [0.29, 0.717) is 20.9 Å². The van der Waals surface area contributed by atoms with Gasteiger partial charge in [-0.05, 0) is 12.5 Å². The summed E-state index contributed by atoms with van der Waals surface area (Å²) in [6, 6.07) is 1.61. The van der Waals surface area contributed by atoms with Crippen molar-refractivity contribution in [1.29, 1.82) is 0 Å². The molecule has 0 fully saturated rings. The molecule has 0 aliphatic rings. The van der Waals surface area contributed by atoms with Crippen molar-refractivity contribution in [3.05, 3.63) is 33.4 Å². The van der Waals surface area contributed by atoms with Gasteiger partial charge in [0.15, 0.2) is 0 Å². The minimum Gasteiger partial charge on any atom is -0.238 e. The van der Waals surface area contributed by atoms with Crippen LogP contribution < -0.4 is 0 Å². The van der Waals surface area contributed by atoms with E-state index in [4.69, 9.17) is 34.8 Å². The molecule has 0 aliphatic carbocycles. The highest BCUT2D eigenvalue weighted by Gasteiger charge is 2.06. The van der Waals surface area contributed by atoms with E-state index in [1.807, 2.05) is 6.42 Å². The highest BCUT2D eigenvalue weighted by atomic mass is 35.5. The Morgan fingerprint density at radius 1 is 1.31 bits per heavy atom. The zero-order valence-corrected chi connectivity index (χ0v) is 9.42. The van der Waals surface area contributed by atoms with Crippen LogP contribution in [-0.4, -0.2) is 4.98 Å². The minimum absolute atomic E-state index is 0.299. The molecular formula is C9H9Cl3N. The van der Waals surface area contributed by atoms with E-state index in [2.05, 4.69) is 11.9 Å². The summed E-state index contributed by atoms with van der Waals surface area (Å²) in [4.78, 5) is 4.06. The van der Waals surface area contributed by atoms with Crippen LogP contribution in [0.25, 0.3) is 0 Å². The number of hydrogen-bond donors (Lipinski definition) is 0. The summed E-state index contributed by atoms with van der Waals surface area (Å²) < 4.78 is 0. The first kappa shape index (κ1) is 11.1. The molecule has 1 rings (SSSR count). The van der Waals surface area contributed by atoms with Gasteiger partial charge in [0, 0.05) is 6.42 Å². The van der Waals surface area contributed by atoms with Gasteiger partial charge < -0.3 is 0 Å². The quantitative estimate of drug-likeness (QED) is 0.710. The van der Waals surface area contributed by atoms with Crippen LogP contribution in [0.1, 0.15) is 25.5 Å². The minimum atomic E-state index is 0.299. The van der Waals surface area contributed by atoms with Crippen molar-refractivity contribution < 1.29 is 0 Å². The predicted molar refractivity (Wildman–Crippen MR) is 57.6 cm³/mol. The van der Waals surface area contributed by atoms with Crippen molar-refractivity contribution in [1.82, 2.24) is 4.98 Å². The van der Waals surface area contributed by atoms with Crippen LogP contribution in [0.2, 0.25) is 15.2 Å². The lowest BCUT2D eigenvalue weighted by Gasteiger charge is -2.03. The SMILES string of the molecule is CCC[CH]c1nc(Cl)c(Cl)cc1Cl. The average Bonchev–Trinajstić information content (AvgIpc) is 2.09. The number of rotatable bonds is 3. The summed E-state index contributed by atoms with van der Waals surface area (Å²) in [7, 11) is 0. The first-order valence-electron chi connectivity index (χ1n) is 4.00. The lowest BCUT2D eigenvalue weighted by molar-refractivity contribution is 0.901. The fourth-order valence-corrected chi connectivity index (χ4v) is 1.46. The van der Waals surface area contributed by atoms with Crippen molar-refractivity contribution in [2.45, 2.75) is 19.8 Å². The van der Waals surface area contributed by atoms with Crippen molar-refractivity contribution in [3.8, 4) is 0 Å². The first-order valence-corrected chi connectivity index (χ1v) is 5.13. The van der Waals surface area contributed by atoms with Gasteiger partial charge >= 0.3 is 0 Å². The predicted octanol–water partition coefficient (Wildman–Crippen LogP) is 4.39. The molecule has 1 aromatic heterocycles. The summed E-state index contributed by atoms with van der Waals surface area (Å²) in [5.74, 6) is 0. The van der Waals surface area contributed by atoms with E-state index < -0.39 is 0 Å². The van der Waals surface area contributed by atoms with Crippen LogP contribution in [0.5, 0.6) is 0 Å². The van der Waals surface area contributed by atoms with Gasteiger partial charge in [-0.15, -0.1) is 0 Å². The number of nitrogens with zero attached hydrogens (tertiary/aromatic N) is 1. The second-order valence-electron chi connectivity index (χ2n) is 2.62. The number of pyridine rings is 1. The topological polar surface area (TPSA) is 12.9 Å². The van der Waals surface area contributed by atoms with Crippen LogP contribution >= 0.6 is 34.8 Å². The van der Waals surface area contributed by atoms with E-state index in [1.165, 1.54) is 0 Å². The molecule has 0 amide bonds. The Morgan fingerprint density at radius 2 is 2.00 bits per heavy atom. The van der Waals surface area contributed by atoms with Crippen molar-refractivity contribution >= 4 is 34.8 Å². The zero-order chi connectivity index (χ0) is 9.84. The van der Waals surface area contributed by atoms with Gasteiger partial charge in [0.05, 0.1) is 15.7 Å². The van der Waals surface area contributed by atoms with Gasteiger partial charge in [0.1, 0.15) is 5.15 Å². The lowest BCUT2D eigenvalue weighted by Crippen LogP contribution is -1.90. The third-order valence-electron chi connectivity index (χ3n) is 1.54. The summed E-state index contributed by atoms with van der Waals surface area (Å²) in [6.45, 7) is 2.09. The van der Waals surface area contributed by atoms with E-state index >= 15 is 0 Å². The zero-order valence-electron chi connectivity index (χ0n) is 7.15. The standard InChI is InChI=1S/C9H9Cl3N/c1-2-3-4-8-6(10)5-7(11)9(12)13-8/h4-5H,2-3H2,1H3. The molecule has 1 heterocycles. The van der Waals surface area contributed by atoms with Crippen LogP contribution in [0.3, 0.4) is 0 Å². The maximum atomic E-state index is 5.90. The van der Waals surface area contributed by atoms with Gasteiger partial charge in [-0.1, -0.05) is 48.1 Å². The molecule has 0 saturated heterocycles. The molecule has 1 nitrogen and oxygen atoms in total. The third kappa shape index (κ3) is 3.01. The molecule has 0 spiro atoms. The van der Waals surface area contributed by atoms with E-state index in [-0.39, 0.29) is 0 Å². The third-order valence-corrected chi connectivity index (χ3v) is 2.52. The van der Waals surface area contributed by atoms with Gasteiger partial charge in [-0.3, -0.25) is 0 Å². The largest absolute Gasteiger partial charge is 0.238 e. The highest BCUT2D eigenvalue weighted by molar-refractivity contribution is 6.42. The number of aromatic nitrogens is 1. The molecule has 0 aliphatic heterocycles. The molecule has 71 valence electrons. The highest BCUT2D eigenvalue weighted by Crippen LogP contribution is 2.27. The maximum absolute atomic E-state index is 5.90. The molecule has 0 aromatic carbocycles. The molecule has 1 aromatic rings. The van der Waals surface area contributed by atoms with Gasteiger partial charge in [0.2, 0.25) is 0 Å². The fraction of sp³-hybridized carbons (Fsp3) is 0.333. The second kappa shape index (κ2) is 5.04. The van der Waals surface area contributed by atoms with E-state index in [0.717, 1.165) is 12.8 Å². The van der Waals surface area contributed by atoms with Crippen molar-refractivity contribution in [2.75, 3.05) is 0 Å². The fourth-order valence-electron chi connectivity index (χ4n) is 0.882. The average molecular weight is 238 g/mol. The van der Waals surface area contributed by atoms with E-state index in [1.54, 1.807) is 6.07 Å². The molecule has 1 radical (unpaired) electrons. The second-order valence-corrected chi connectivity index (χ2v) is 3.79. The number of unbranched alkanes of at least 4 members (excludes halogenated alkanes) is 1. The van der Waals surface area contributed by atoms with Crippen LogP contribution in [0, 0.1) is 6.42 Å². The maximum Gasteiger partial charge on any atom is 0.148 e.